The van der Waals surface area contributed by atoms with Gasteiger partial charge in [0.05, 0.1) is 30.7 Å². The van der Waals surface area contributed by atoms with Crippen LogP contribution in [-0.2, 0) is 9.84 Å². The zero-order valence-corrected chi connectivity index (χ0v) is 12.0. The first kappa shape index (κ1) is 12.7. The molecule has 2 fully saturated rings. The molecule has 102 valence electrons. The summed E-state index contributed by atoms with van der Waals surface area (Å²) in [5.41, 5.74) is 0.892. The molecule has 2 atom stereocenters. The van der Waals surface area contributed by atoms with Crippen LogP contribution in [0.1, 0.15) is 0 Å². The predicted octanol–water partition coefficient (Wildman–Crippen LogP) is 0.555. The maximum Gasteiger partial charge on any atom is 0.174 e. The molecule has 1 aromatic carbocycles. The number of thiocarbonyl (C=S) groups is 1. The lowest BCUT2D eigenvalue weighted by molar-refractivity contribution is 0.415. The Kier molecular flexibility index (Phi) is 2.90. The smallest absolute Gasteiger partial charge is 0.174 e. The summed E-state index contributed by atoms with van der Waals surface area (Å²) >= 11 is 5.30. The standard InChI is InChI=1S/C12H14N2O3S2/c1-17-9-4-2-8(3-5-9)14-11-7-19(15,16)6-10(11)13-12(14)18/h2-5,10-11H,6-7H2,1H3,(H,13,18)/t10-,11-/m0/s1. The molecule has 19 heavy (non-hydrogen) atoms. The molecule has 0 aromatic heterocycles. The number of benzene rings is 1. The SMILES string of the molecule is COc1ccc(N2C(=S)N[C@H]3CS(=O)(=O)C[C@@H]32)cc1. The molecule has 2 saturated heterocycles. The number of hydrogen-bond donors (Lipinski definition) is 1. The summed E-state index contributed by atoms with van der Waals surface area (Å²) < 4.78 is 28.5. The summed E-state index contributed by atoms with van der Waals surface area (Å²) in [6, 6.07) is 7.26. The van der Waals surface area contributed by atoms with E-state index in [0.29, 0.717) is 5.11 Å². The van der Waals surface area contributed by atoms with Gasteiger partial charge in [-0.1, -0.05) is 0 Å². The van der Waals surface area contributed by atoms with Gasteiger partial charge in [-0.2, -0.15) is 0 Å². The van der Waals surface area contributed by atoms with Crippen LogP contribution in [0.15, 0.2) is 24.3 Å². The molecule has 0 saturated carbocycles. The van der Waals surface area contributed by atoms with Crippen LogP contribution in [0.25, 0.3) is 0 Å². The second-order valence-corrected chi connectivity index (χ2v) is 7.31. The molecule has 5 nitrogen and oxygen atoms in total. The van der Waals surface area contributed by atoms with Crippen LogP contribution in [0.4, 0.5) is 5.69 Å². The maximum absolute atomic E-state index is 11.7. The number of fused-ring (bicyclic) bond motifs is 1. The average molecular weight is 298 g/mol. The molecule has 2 aliphatic rings. The minimum absolute atomic E-state index is 0.0976. The van der Waals surface area contributed by atoms with Gasteiger partial charge < -0.3 is 15.0 Å². The zero-order valence-electron chi connectivity index (χ0n) is 10.4. The minimum atomic E-state index is -2.97. The fourth-order valence-electron chi connectivity index (χ4n) is 2.65. The molecule has 3 rings (SSSR count). The lowest BCUT2D eigenvalue weighted by Crippen LogP contribution is -2.36. The summed E-state index contributed by atoms with van der Waals surface area (Å²) in [5, 5.41) is 3.69. The molecule has 1 N–H and O–H groups in total. The molecule has 2 aliphatic heterocycles. The second-order valence-electron chi connectivity index (χ2n) is 4.77. The van der Waals surface area contributed by atoms with E-state index in [2.05, 4.69) is 5.32 Å². The van der Waals surface area contributed by atoms with Gasteiger partial charge in [-0.05, 0) is 36.5 Å². The van der Waals surface area contributed by atoms with Gasteiger partial charge in [-0.25, -0.2) is 8.42 Å². The van der Waals surface area contributed by atoms with Crippen molar-refractivity contribution in [2.24, 2.45) is 0 Å². The highest BCUT2D eigenvalue weighted by atomic mass is 32.2. The number of sulfone groups is 1. The largest absolute Gasteiger partial charge is 0.497 e. The van der Waals surface area contributed by atoms with Crippen molar-refractivity contribution in [3.8, 4) is 5.75 Å². The van der Waals surface area contributed by atoms with Crippen molar-refractivity contribution in [3.05, 3.63) is 24.3 Å². The van der Waals surface area contributed by atoms with Gasteiger partial charge in [-0.15, -0.1) is 0 Å². The van der Waals surface area contributed by atoms with E-state index in [1.807, 2.05) is 29.2 Å². The van der Waals surface area contributed by atoms with E-state index in [4.69, 9.17) is 17.0 Å². The Morgan fingerprint density at radius 1 is 1.32 bits per heavy atom. The number of ether oxygens (including phenoxy) is 1. The van der Waals surface area contributed by atoms with Gasteiger partial charge in [0.2, 0.25) is 0 Å². The highest BCUT2D eigenvalue weighted by Gasteiger charge is 2.47. The zero-order chi connectivity index (χ0) is 13.6. The van der Waals surface area contributed by atoms with Crippen LogP contribution in [0.3, 0.4) is 0 Å². The van der Waals surface area contributed by atoms with E-state index in [1.54, 1.807) is 7.11 Å². The predicted molar refractivity (Wildman–Crippen MR) is 77.4 cm³/mol. The van der Waals surface area contributed by atoms with Crippen LogP contribution in [0.2, 0.25) is 0 Å². The number of rotatable bonds is 2. The second kappa shape index (κ2) is 4.35. The van der Waals surface area contributed by atoms with E-state index in [9.17, 15) is 8.42 Å². The Bertz CT molecular complexity index is 612. The Balaban J connectivity index is 1.92. The van der Waals surface area contributed by atoms with Crippen molar-refractivity contribution in [2.75, 3.05) is 23.5 Å². The van der Waals surface area contributed by atoms with Crippen molar-refractivity contribution >= 4 is 32.9 Å². The molecule has 0 bridgehead atoms. The van der Waals surface area contributed by atoms with Gasteiger partial charge >= 0.3 is 0 Å². The molecule has 1 aromatic rings. The molecular formula is C12H14N2O3S2. The third kappa shape index (κ3) is 2.17. The molecular weight excluding hydrogens is 284 g/mol. The van der Waals surface area contributed by atoms with E-state index in [1.165, 1.54) is 0 Å². The first-order valence-electron chi connectivity index (χ1n) is 5.94. The van der Waals surface area contributed by atoms with E-state index in [0.717, 1.165) is 11.4 Å². The van der Waals surface area contributed by atoms with Crippen LogP contribution in [0, 0.1) is 0 Å². The van der Waals surface area contributed by atoms with Gasteiger partial charge in [0.25, 0.3) is 0 Å². The van der Waals surface area contributed by atoms with E-state index in [-0.39, 0.29) is 23.6 Å². The molecule has 0 radical (unpaired) electrons. The third-order valence-electron chi connectivity index (χ3n) is 3.53. The van der Waals surface area contributed by atoms with Gasteiger partial charge in [0.1, 0.15) is 5.75 Å². The Morgan fingerprint density at radius 2 is 2.00 bits per heavy atom. The lowest BCUT2D eigenvalue weighted by atomic mass is 10.1. The summed E-state index contributed by atoms with van der Waals surface area (Å²) in [6.07, 6.45) is 0. The normalized spacial score (nSPS) is 28.1. The van der Waals surface area contributed by atoms with Crippen LogP contribution < -0.4 is 15.0 Å². The summed E-state index contributed by atoms with van der Waals surface area (Å²) in [7, 11) is -1.36. The number of anilines is 1. The number of hydrogen-bond acceptors (Lipinski definition) is 4. The molecule has 0 amide bonds. The monoisotopic (exact) mass is 298 g/mol. The van der Waals surface area contributed by atoms with Crippen LogP contribution in [0.5, 0.6) is 5.75 Å². The van der Waals surface area contributed by atoms with E-state index < -0.39 is 9.84 Å². The molecule has 0 aliphatic carbocycles. The number of nitrogens with zero attached hydrogens (tertiary/aromatic N) is 1. The Morgan fingerprint density at radius 3 is 2.63 bits per heavy atom. The van der Waals surface area contributed by atoms with Gasteiger partial charge in [-0.3, -0.25) is 0 Å². The van der Waals surface area contributed by atoms with Gasteiger partial charge in [0, 0.05) is 5.69 Å². The van der Waals surface area contributed by atoms with Crippen molar-refractivity contribution in [3.63, 3.8) is 0 Å². The van der Waals surface area contributed by atoms with Crippen molar-refractivity contribution in [2.45, 2.75) is 12.1 Å². The molecule has 0 unspecified atom stereocenters. The van der Waals surface area contributed by atoms with Crippen LogP contribution in [-0.4, -0.2) is 44.2 Å². The quantitative estimate of drug-likeness (QED) is 0.805. The van der Waals surface area contributed by atoms with Crippen LogP contribution >= 0.6 is 12.2 Å². The molecule has 7 heteroatoms. The van der Waals surface area contributed by atoms with Crippen molar-refractivity contribution in [1.29, 1.82) is 0 Å². The highest BCUT2D eigenvalue weighted by Crippen LogP contribution is 2.30. The van der Waals surface area contributed by atoms with Gasteiger partial charge in [0.15, 0.2) is 14.9 Å². The number of nitrogens with one attached hydrogen (secondary N) is 1. The van der Waals surface area contributed by atoms with E-state index >= 15 is 0 Å². The molecule has 0 spiro atoms. The minimum Gasteiger partial charge on any atom is -0.497 e. The van der Waals surface area contributed by atoms with Crippen molar-refractivity contribution < 1.29 is 13.2 Å². The topological polar surface area (TPSA) is 58.6 Å². The Labute approximate surface area is 117 Å². The first-order valence-corrected chi connectivity index (χ1v) is 8.17. The summed E-state index contributed by atoms with van der Waals surface area (Å²) in [5.74, 6) is 1.07. The first-order chi connectivity index (χ1) is 9.00. The lowest BCUT2D eigenvalue weighted by Gasteiger charge is -2.23. The summed E-state index contributed by atoms with van der Waals surface area (Å²) in [6.45, 7) is 0. The Hall–Kier alpha value is -1.34. The highest BCUT2D eigenvalue weighted by molar-refractivity contribution is 7.91. The average Bonchev–Trinajstić information content (AvgIpc) is 2.79. The fourth-order valence-corrected chi connectivity index (χ4v) is 4.93. The number of methoxy groups -OCH3 is 1. The summed E-state index contributed by atoms with van der Waals surface area (Å²) in [4.78, 5) is 1.89. The molecule has 2 heterocycles. The van der Waals surface area contributed by atoms with Crippen molar-refractivity contribution in [1.82, 2.24) is 5.32 Å². The third-order valence-corrected chi connectivity index (χ3v) is 5.56. The maximum atomic E-state index is 11.7. The fraction of sp³-hybridized carbons (Fsp3) is 0.417.